The Morgan fingerprint density at radius 2 is 1.64 bits per heavy atom. The third kappa shape index (κ3) is 7.58. The van der Waals surface area contributed by atoms with Crippen LogP contribution in [-0.2, 0) is 14.3 Å². The third-order valence-electron chi connectivity index (χ3n) is 4.28. The van der Waals surface area contributed by atoms with Gasteiger partial charge in [-0.05, 0) is 20.8 Å². The fraction of sp³-hybridized carbons (Fsp3) is 0.882. The van der Waals surface area contributed by atoms with Crippen LogP contribution in [-0.4, -0.2) is 104 Å². The minimum Gasteiger partial charge on any atom is -0.444 e. The van der Waals surface area contributed by atoms with E-state index in [1.54, 1.807) is 0 Å². The van der Waals surface area contributed by atoms with Crippen molar-refractivity contribution in [1.29, 1.82) is 0 Å². The van der Waals surface area contributed by atoms with Gasteiger partial charge in [0.1, 0.15) is 5.60 Å². The van der Waals surface area contributed by atoms with Crippen LogP contribution in [0.2, 0.25) is 0 Å². The van der Waals surface area contributed by atoms with Gasteiger partial charge in [0.25, 0.3) is 0 Å². The summed E-state index contributed by atoms with van der Waals surface area (Å²) in [6.07, 6.45) is -0.383. The summed E-state index contributed by atoms with van der Waals surface area (Å²) in [4.78, 5) is 30.3. The summed E-state index contributed by atoms with van der Waals surface area (Å²) in [5.41, 5.74) is -0.476. The van der Waals surface area contributed by atoms with Crippen LogP contribution in [0.25, 0.3) is 0 Å². The molecule has 2 heterocycles. The standard InChI is InChI=1S/C17H32N4O4/c1-17(2,3)25-16(23)18-4-5-19-6-8-21(9-7-19)15(22)14-20-10-12-24-13-11-20/h4-14H2,1-3H3,(H,18,23). The smallest absolute Gasteiger partial charge is 0.407 e. The summed E-state index contributed by atoms with van der Waals surface area (Å²) in [6.45, 7) is 13.6. The largest absolute Gasteiger partial charge is 0.444 e. The molecule has 0 atom stereocenters. The minimum absolute atomic E-state index is 0.202. The molecule has 8 heteroatoms. The second kappa shape index (κ2) is 9.35. The second-order valence-corrected chi connectivity index (χ2v) is 7.54. The lowest BCUT2D eigenvalue weighted by Gasteiger charge is -2.36. The third-order valence-corrected chi connectivity index (χ3v) is 4.28. The number of ether oxygens (including phenoxy) is 2. The minimum atomic E-state index is -0.476. The van der Waals surface area contributed by atoms with Gasteiger partial charge in [-0.25, -0.2) is 4.79 Å². The van der Waals surface area contributed by atoms with Gasteiger partial charge in [-0.1, -0.05) is 0 Å². The molecule has 2 aliphatic rings. The van der Waals surface area contributed by atoms with E-state index in [9.17, 15) is 9.59 Å². The highest BCUT2D eigenvalue weighted by atomic mass is 16.6. The van der Waals surface area contributed by atoms with Crippen LogP contribution < -0.4 is 5.32 Å². The number of hydrogen-bond donors (Lipinski definition) is 1. The van der Waals surface area contributed by atoms with E-state index in [1.165, 1.54) is 0 Å². The maximum Gasteiger partial charge on any atom is 0.407 e. The fourth-order valence-electron chi connectivity index (χ4n) is 2.90. The van der Waals surface area contributed by atoms with Gasteiger partial charge in [-0.15, -0.1) is 0 Å². The zero-order valence-corrected chi connectivity index (χ0v) is 15.8. The van der Waals surface area contributed by atoms with E-state index in [0.29, 0.717) is 26.3 Å². The first-order chi connectivity index (χ1) is 11.8. The molecule has 2 rings (SSSR count). The molecule has 0 aromatic heterocycles. The van der Waals surface area contributed by atoms with Crippen molar-refractivity contribution in [3.8, 4) is 0 Å². The maximum absolute atomic E-state index is 12.4. The van der Waals surface area contributed by atoms with Crippen molar-refractivity contribution in [2.24, 2.45) is 0 Å². The molecule has 2 amide bonds. The van der Waals surface area contributed by atoms with Crippen LogP contribution in [0.3, 0.4) is 0 Å². The van der Waals surface area contributed by atoms with Crippen LogP contribution in [0, 0.1) is 0 Å². The Labute approximate surface area is 150 Å². The van der Waals surface area contributed by atoms with Crippen LogP contribution >= 0.6 is 0 Å². The monoisotopic (exact) mass is 356 g/mol. The van der Waals surface area contributed by atoms with E-state index in [4.69, 9.17) is 9.47 Å². The molecular formula is C17H32N4O4. The Balaban J connectivity index is 1.59. The van der Waals surface area contributed by atoms with Crippen molar-refractivity contribution in [1.82, 2.24) is 20.0 Å². The summed E-state index contributed by atoms with van der Waals surface area (Å²) in [7, 11) is 0. The van der Waals surface area contributed by atoms with Gasteiger partial charge in [0, 0.05) is 52.4 Å². The average Bonchev–Trinajstić information content (AvgIpc) is 2.54. The van der Waals surface area contributed by atoms with Gasteiger partial charge in [0.05, 0.1) is 19.8 Å². The first-order valence-corrected chi connectivity index (χ1v) is 9.10. The number of carbonyl (C=O) groups is 2. The summed E-state index contributed by atoms with van der Waals surface area (Å²) in [5, 5.41) is 2.77. The van der Waals surface area contributed by atoms with Gasteiger partial charge in [0.15, 0.2) is 0 Å². The highest BCUT2D eigenvalue weighted by molar-refractivity contribution is 5.78. The van der Waals surface area contributed by atoms with E-state index in [1.807, 2.05) is 25.7 Å². The Morgan fingerprint density at radius 1 is 1.00 bits per heavy atom. The van der Waals surface area contributed by atoms with E-state index in [2.05, 4.69) is 15.1 Å². The first kappa shape index (κ1) is 19.9. The lowest BCUT2D eigenvalue weighted by Crippen LogP contribution is -2.53. The van der Waals surface area contributed by atoms with Crippen molar-refractivity contribution in [2.75, 3.05) is 72.1 Å². The van der Waals surface area contributed by atoms with Gasteiger partial charge in [-0.3, -0.25) is 14.6 Å². The van der Waals surface area contributed by atoms with Crippen molar-refractivity contribution in [3.05, 3.63) is 0 Å². The molecule has 144 valence electrons. The van der Waals surface area contributed by atoms with Crippen LogP contribution in [0.4, 0.5) is 4.79 Å². The molecule has 1 N–H and O–H groups in total. The average molecular weight is 356 g/mol. The number of carbonyl (C=O) groups excluding carboxylic acids is 2. The van der Waals surface area contributed by atoms with E-state index in [0.717, 1.165) is 45.8 Å². The molecule has 2 aliphatic heterocycles. The van der Waals surface area contributed by atoms with Gasteiger partial charge >= 0.3 is 6.09 Å². The van der Waals surface area contributed by atoms with Crippen molar-refractivity contribution in [2.45, 2.75) is 26.4 Å². The molecule has 0 aromatic rings. The van der Waals surface area contributed by atoms with E-state index >= 15 is 0 Å². The molecule has 8 nitrogen and oxygen atoms in total. The van der Waals surface area contributed by atoms with Gasteiger partial charge in [0.2, 0.25) is 5.91 Å². The molecule has 0 radical (unpaired) electrons. The van der Waals surface area contributed by atoms with Crippen LogP contribution in [0.1, 0.15) is 20.8 Å². The molecule has 0 aromatic carbocycles. The van der Waals surface area contributed by atoms with E-state index < -0.39 is 5.60 Å². The molecular weight excluding hydrogens is 324 g/mol. The molecule has 0 saturated carbocycles. The van der Waals surface area contributed by atoms with Crippen molar-refractivity contribution in [3.63, 3.8) is 0 Å². The summed E-state index contributed by atoms with van der Waals surface area (Å²) in [5.74, 6) is 0.202. The number of rotatable bonds is 5. The Morgan fingerprint density at radius 3 is 2.24 bits per heavy atom. The highest BCUT2D eigenvalue weighted by Crippen LogP contribution is 2.07. The number of morpholine rings is 1. The zero-order valence-electron chi connectivity index (χ0n) is 15.8. The van der Waals surface area contributed by atoms with Gasteiger partial charge < -0.3 is 19.7 Å². The second-order valence-electron chi connectivity index (χ2n) is 7.54. The normalized spacial score (nSPS) is 20.4. The Hall–Kier alpha value is -1.38. The van der Waals surface area contributed by atoms with E-state index in [-0.39, 0.29) is 12.0 Å². The first-order valence-electron chi connectivity index (χ1n) is 9.10. The fourth-order valence-corrected chi connectivity index (χ4v) is 2.90. The van der Waals surface area contributed by atoms with Crippen LogP contribution in [0.15, 0.2) is 0 Å². The number of amides is 2. The molecule has 0 spiro atoms. The molecule has 2 saturated heterocycles. The molecule has 2 fully saturated rings. The lowest BCUT2D eigenvalue weighted by atomic mass is 10.2. The molecule has 0 bridgehead atoms. The number of nitrogens with one attached hydrogen (secondary N) is 1. The number of alkyl carbamates (subject to hydrolysis) is 1. The molecule has 0 aliphatic carbocycles. The zero-order chi connectivity index (χ0) is 18.3. The lowest BCUT2D eigenvalue weighted by molar-refractivity contribution is -0.135. The van der Waals surface area contributed by atoms with Crippen LogP contribution in [0.5, 0.6) is 0 Å². The topological polar surface area (TPSA) is 74.4 Å². The van der Waals surface area contributed by atoms with Gasteiger partial charge in [-0.2, -0.15) is 0 Å². The highest BCUT2D eigenvalue weighted by Gasteiger charge is 2.23. The number of nitrogens with zero attached hydrogens (tertiary/aromatic N) is 3. The summed E-state index contributed by atoms with van der Waals surface area (Å²) >= 11 is 0. The van der Waals surface area contributed by atoms with Crippen molar-refractivity contribution < 1.29 is 19.1 Å². The molecule has 25 heavy (non-hydrogen) atoms. The predicted octanol–water partition coefficient (Wildman–Crippen LogP) is -0.0125. The summed E-state index contributed by atoms with van der Waals surface area (Å²) < 4.78 is 10.5. The SMILES string of the molecule is CC(C)(C)OC(=O)NCCN1CCN(C(=O)CN2CCOCC2)CC1. The Kier molecular flexibility index (Phi) is 7.46. The number of piperazine rings is 1. The predicted molar refractivity (Wildman–Crippen MR) is 94.5 cm³/mol. The van der Waals surface area contributed by atoms with Crippen molar-refractivity contribution >= 4 is 12.0 Å². The summed E-state index contributed by atoms with van der Waals surface area (Å²) in [6, 6.07) is 0. The molecule has 0 unspecified atom stereocenters. The Bertz CT molecular complexity index is 438. The number of hydrogen-bond acceptors (Lipinski definition) is 6. The quantitative estimate of drug-likeness (QED) is 0.747. The maximum atomic E-state index is 12.4.